The minimum Gasteiger partial charge on any atom is -0.312 e. The fraction of sp³-hybridized carbons (Fsp3) is 0.500. The molecule has 2 nitrogen and oxygen atoms in total. The lowest BCUT2D eigenvalue weighted by Gasteiger charge is -2.30. The molecule has 2 rings (SSSR count). The van der Waals surface area contributed by atoms with E-state index in [1.54, 1.807) is 0 Å². The van der Waals surface area contributed by atoms with Gasteiger partial charge in [-0.05, 0) is 42.5 Å². The second-order valence-corrected chi connectivity index (χ2v) is 5.94. The smallest absolute Gasteiger partial charge is 0.227 e. The number of carbonyl (C=O) groups excluding carboxylic acids is 1. The van der Waals surface area contributed by atoms with Crippen LogP contribution in [-0.4, -0.2) is 12.5 Å². The Morgan fingerprint density at radius 3 is 2.94 bits per heavy atom. The Balaban J connectivity index is 2.25. The zero-order valence-electron chi connectivity index (χ0n) is 10.4. The van der Waals surface area contributed by atoms with Gasteiger partial charge in [0.1, 0.15) is 0 Å². The van der Waals surface area contributed by atoms with Crippen molar-refractivity contribution in [1.82, 2.24) is 0 Å². The molecule has 92 valence electrons. The van der Waals surface area contributed by atoms with Gasteiger partial charge >= 0.3 is 0 Å². The molecular formula is C14H18BrNO. The summed E-state index contributed by atoms with van der Waals surface area (Å²) >= 11 is 3.48. The van der Waals surface area contributed by atoms with E-state index in [0.29, 0.717) is 12.3 Å². The summed E-state index contributed by atoms with van der Waals surface area (Å²) in [6.45, 7) is 5.04. The first-order valence-electron chi connectivity index (χ1n) is 6.16. The number of fused-ring (bicyclic) bond motifs is 1. The predicted molar refractivity (Wildman–Crippen MR) is 74.3 cm³/mol. The van der Waals surface area contributed by atoms with E-state index in [1.807, 2.05) is 11.0 Å². The van der Waals surface area contributed by atoms with E-state index < -0.39 is 0 Å². The van der Waals surface area contributed by atoms with E-state index in [2.05, 4.69) is 41.9 Å². The largest absolute Gasteiger partial charge is 0.312 e. The quantitative estimate of drug-likeness (QED) is 0.813. The maximum Gasteiger partial charge on any atom is 0.227 e. The number of benzene rings is 1. The molecule has 0 saturated heterocycles. The topological polar surface area (TPSA) is 20.3 Å². The summed E-state index contributed by atoms with van der Waals surface area (Å²) in [6, 6.07) is 6.20. The number of carbonyl (C=O) groups is 1. The van der Waals surface area contributed by atoms with E-state index in [9.17, 15) is 4.79 Å². The van der Waals surface area contributed by atoms with Crippen molar-refractivity contribution in [2.45, 2.75) is 33.1 Å². The van der Waals surface area contributed by atoms with Gasteiger partial charge in [-0.15, -0.1) is 0 Å². The second kappa shape index (κ2) is 5.21. The molecule has 0 unspecified atom stereocenters. The van der Waals surface area contributed by atoms with Crippen LogP contribution in [0.2, 0.25) is 0 Å². The van der Waals surface area contributed by atoms with Crippen molar-refractivity contribution in [2.24, 2.45) is 5.92 Å². The van der Waals surface area contributed by atoms with Crippen LogP contribution in [0.4, 0.5) is 5.69 Å². The van der Waals surface area contributed by atoms with Crippen molar-refractivity contribution in [3.63, 3.8) is 0 Å². The molecule has 0 N–H and O–H groups in total. The molecule has 0 bridgehead atoms. The average Bonchev–Trinajstić information content (AvgIpc) is 2.26. The highest BCUT2D eigenvalue weighted by molar-refractivity contribution is 9.10. The van der Waals surface area contributed by atoms with Crippen LogP contribution in [0.1, 0.15) is 32.3 Å². The van der Waals surface area contributed by atoms with Crippen LogP contribution in [0.15, 0.2) is 22.7 Å². The molecule has 1 aliphatic rings. The standard InChI is InChI=1S/C14H18BrNO/c1-10(2)8-14(17)16-7-3-4-11-9-12(15)5-6-13(11)16/h5-6,9-10H,3-4,7-8H2,1-2H3. The SMILES string of the molecule is CC(C)CC(=O)N1CCCc2cc(Br)ccc21. The van der Waals surface area contributed by atoms with Crippen LogP contribution < -0.4 is 4.90 Å². The lowest BCUT2D eigenvalue weighted by Crippen LogP contribution is -2.36. The highest BCUT2D eigenvalue weighted by atomic mass is 79.9. The number of amides is 1. The van der Waals surface area contributed by atoms with Gasteiger partial charge in [0.15, 0.2) is 0 Å². The van der Waals surface area contributed by atoms with Gasteiger partial charge < -0.3 is 4.90 Å². The molecule has 0 radical (unpaired) electrons. The molecule has 0 fully saturated rings. The molecule has 0 aliphatic carbocycles. The minimum absolute atomic E-state index is 0.253. The lowest BCUT2D eigenvalue weighted by atomic mass is 10.0. The van der Waals surface area contributed by atoms with Gasteiger partial charge in [-0.2, -0.15) is 0 Å². The van der Waals surface area contributed by atoms with Crippen LogP contribution in [0.3, 0.4) is 0 Å². The minimum atomic E-state index is 0.253. The van der Waals surface area contributed by atoms with Crippen LogP contribution >= 0.6 is 15.9 Å². The predicted octanol–water partition coefficient (Wildman–Crippen LogP) is 3.77. The first-order valence-corrected chi connectivity index (χ1v) is 6.96. The first kappa shape index (κ1) is 12.6. The Bertz CT molecular complexity index is 428. The zero-order chi connectivity index (χ0) is 12.4. The van der Waals surface area contributed by atoms with Gasteiger partial charge in [0, 0.05) is 23.1 Å². The fourth-order valence-corrected chi connectivity index (χ4v) is 2.69. The summed E-state index contributed by atoms with van der Waals surface area (Å²) < 4.78 is 1.09. The van der Waals surface area contributed by atoms with Crippen molar-refractivity contribution in [3.05, 3.63) is 28.2 Å². The van der Waals surface area contributed by atoms with E-state index in [4.69, 9.17) is 0 Å². The Kier molecular flexibility index (Phi) is 3.87. The maximum atomic E-state index is 12.2. The summed E-state index contributed by atoms with van der Waals surface area (Å²) in [4.78, 5) is 14.1. The van der Waals surface area contributed by atoms with E-state index in [0.717, 1.165) is 29.5 Å². The molecule has 1 aromatic rings. The number of hydrogen-bond donors (Lipinski definition) is 0. The Labute approximate surface area is 111 Å². The Morgan fingerprint density at radius 2 is 2.24 bits per heavy atom. The fourth-order valence-electron chi connectivity index (χ4n) is 2.28. The third-order valence-corrected chi connectivity index (χ3v) is 3.54. The Morgan fingerprint density at radius 1 is 1.47 bits per heavy atom. The summed E-state index contributed by atoms with van der Waals surface area (Å²) in [5.74, 6) is 0.673. The summed E-state index contributed by atoms with van der Waals surface area (Å²) in [6.07, 6.45) is 2.77. The molecule has 1 aromatic carbocycles. The number of nitrogens with zero attached hydrogens (tertiary/aromatic N) is 1. The normalized spacial score (nSPS) is 14.9. The van der Waals surface area contributed by atoms with Crippen LogP contribution in [0.5, 0.6) is 0 Å². The van der Waals surface area contributed by atoms with Gasteiger partial charge in [-0.3, -0.25) is 4.79 Å². The number of hydrogen-bond acceptors (Lipinski definition) is 1. The molecular weight excluding hydrogens is 278 g/mol. The van der Waals surface area contributed by atoms with Crippen molar-refractivity contribution < 1.29 is 4.79 Å². The molecule has 1 amide bonds. The van der Waals surface area contributed by atoms with Gasteiger partial charge in [-0.25, -0.2) is 0 Å². The summed E-state index contributed by atoms with van der Waals surface area (Å²) in [5, 5.41) is 0. The third kappa shape index (κ3) is 2.89. The highest BCUT2D eigenvalue weighted by Gasteiger charge is 2.22. The lowest BCUT2D eigenvalue weighted by molar-refractivity contribution is -0.119. The van der Waals surface area contributed by atoms with E-state index in [-0.39, 0.29) is 5.91 Å². The molecule has 1 aliphatic heterocycles. The zero-order valence-corrected chi connectivity index (χ0v) is 12.0. The van der Waals surface area contributed by atoms with Crippen molar-refractivity contribution >= 4 is 27.5 Å². The van der Waals surface area contributed by atoms with Crippen LogP contribution in [0.25, 0.3) is 0 Å². The average molecular weight is 296 g/mol. The van der Waals surface area contributed by atoms with E-state index in [1.165, 1.54) is 5.56 Å². The van der Waals surface area contributed by atoms with Crippen molar-refractivity contribution in [1.29, 1.82) is 0 Å². The third-order valence-electron chi connectivity index (χ3n) is 3.04. The summed E-state index contributed by atoms with van der Waals surface area (Å²) in [7, 11) is 0. The van der Waals surface area contributed by atoms with Gasteiger partial charge in [0.25, 0.3) is 0 Å². The second-order valence-electron chi connectivity index (χ2n) is 5.02. The molecule has 3 heteroatoms. The van der Waals surface area contributed by atoms with Crippen molar-refractivity contribution in [3.8, 4) is 0 Å². The highest BCUT2D eigenvalue weighted by Crippen LogP contribution is 2.30. The number of aryl methyl sites for hydroxylation is 1. The molecule has 0 saturated carbocycles. The van der Waals surface area contributed by atoms with Crippen molar-refractivity contribution in [2.75, 3.05) is 11.4 Å². The molecule has 0 aromatic heterocycles. The molecule has 0 atom stereocenters. The molecule has 0 spiro atoms. The number of anilines is 1. The first-order chi connectivity index (χ1) is 8.08. The maximum absolute atomic E-state index is 12.2. The number of rotatable bonds is 2. The number of halogens is 1. The molecule has 17 heavy (non-hydrogen) atoms. The van der Waals surface area contributed by atoms with Gasteiger partial charge in [-0.1, -0.05) is 29.8 Å². The van der Waals surface area contributed by atoms with Crippen LogP contribution in [-0.2, 0) is 11.2 Å². The summed E-state index contributed by atoms with van der Waals surface area (Å²) in [5.41, 5.74) is 2.38. The molecule has 1 heterocycles. The van der Waals surface area contributed by atoms with Gasteiger partial charge in [0.2, 0.25) is 5.91 Å². The van der Waals surface area contributed by atoms with E-state index >= 15 is 0 Å². The monoisotopic (exact) mass is 295 g/mol. The van der Waals surface area contributed by atoms with Gasteiger partial charge in [0.05, 0.1) is 0 Å². The van der Waals surface area contributed by atoms with Crippen LogP contribution in [0, 0.1) is 5.92 Å². The Hall–Kier alpha value is -0.830.